The second-order valence-corrected chi connectivity index (χ2v) is 8.43. The van der Waals surface area contributed by atoms with Crippen molar-refractivity contribution in [1.29, 1.82) is 0 Å². The van der Waals surface area contributed by atoms with E-state index >= 15 is 0 Å². The van der Waals surface area contributed by atoms with Crippen molar-refractivity contribution in [3.63, 3.8) is 0 Å². The average molecular weight is 435 g/mol. The molecule has 0 aliphatic heterocycles. The SMILES string of the molecule is CC(C)(CN)CN(Cc1ccc(NC(=O)c2ccncc2)cc1)C(=O)c1cccc(F)c1. The van der Waals surface area contributed by atoms with Gasteiger partial charge in [-0.25, -0.2) is 4.39 Å². The lowest BCUT2D eigenvalue weighted by Gasteiger charge is -2.32. The number of carbonyl (C=O) groups is 2. The Hall–Kier alpha value is -3.58. The van der Waals surface area contributed by atoms with Gasteiger partial charge < -0.3 is 16.0 Å². The second-order valence-electron chi connectivity index (χ2n) is 8.43. The van der Waals surface area contributed by atoms with E-state index in [-0.39, 0.29) is 17.2 Å². The molecular formula is C25H27FN4O2. The van der Waals surface area contributed by atoms with Crippen LogP contribution in [0.4, 0.5) is 10.1 Å². The number of benzene rings is 2. The maximum atomic E-state index is 13.7. The van der Waals surface area contributed by atoms with E-state index in [9.17, 15) is 14.0 Å². The van der Waals surface area contributed by atoms with E-state index in [2.05, 4.69) is 10.3 Å². The van der Waals surface area contributed by atoms with Gasteiger partial charge in [0.25, 0.3) is 11.8 Å². The summed E-state index contributed by atoms with van der Waals surface area (Å²) in [5.74, 6) is -0.947. The fourth-order valence-corrected chi connectivity index (χ4v) is 3.21. The van der Waals surface area contributed by atoms with Crippen LogP contribution in [0.5, 0.6) is 0 Å². The lowest BCUT2D eigenvalue weighted by Crippen LogP contribution is -2.41. The number of hydrogen-bond donors (Lipinski definition) is 2. The van der Waals surface area contributed by atoms with Crippen LogP contribution in [-0.2, 0) is 6.54 Å². The van der Waals surface area contributed by atoms with Gasteiger partial charge in [-0.2, -0.15) is 0 Å². The molecule has 1 aromatic heterocycles. The number of nitrogens with one attached hydrogen (secondary N) is 1. The first-order valence-electron chi connectivity index (χ1n) is 10.3. The van der Waals surface area contributed by atoms with E-state index in [1.807, 2.05) is 26.0 Å². The standard InChI is InChI=1S/C25H27FN4O2/c1-25(2,16-27)17-30(24(32)20-4-3-5-21(26)14-20)15-18-6-8-22(9-7-18)29-23(31)19-10-12-28-13-11-19/h3-14H,15-17,27H2,1-2H3,(H,29,31). The van der Waals surface area contributed by atoms with Gasteiger partial charge in [-0.15, -0.1) is 0 Å². The summed E-state index contributed by atoms with van der Waals surface area (Å²) in [5.41, 5.74) is 7.90. The molecule has 0 spiro atoms. The Morgan fingerprint density at radius 1 is 1.03 bits per heavy atom. The topological polar surface area (TPSA) is 88.3 Å². The van der Waals surface area contributed by atoms with Crippen LogP contribution in [0, 0.1) is 11.2 Å². The van der Waals surface area contributed by atoms with Gasteiger partial charge in [0, 0.05) is 42.3 Å². The second kappa shape index (κ2) is 10.2. The van der Waals surface area contributed by atoms with E-state index in [1.165, 1.54) is 18.2 Å². The highest BCUT2D eigenvalue weighted by Crippen LogP contribution is 2.21. The Labute approximate surface area is 187 Å². The third-order valence-corrected chi connectivity index (χ3v) is 5.06. The van der Waals surface area contributed by atoms with Gasteiger partial charge in [0.15, 0.2) is 0 Å². The molecule has 0 bridgehead atoms. The van der Waals surface area contributed by atoms with E-state index in [0.29, 0.717) is 36.4 Å². The minimum absolute atomic E-state index is 0.229. The largest absolute Gasteiger partial charge is 0.334 e. The fraction of sp³-hybridized carbons (Fsp3) is 0.240. The minimum atomic E-state index is -0.455. The highest BCUT2D eigenvalue weighted by Gasteiger charge is 2.25. The molecule has 0 unspecified atom stereocenters. The number of nitrogens with two attached hydrogens (primary N) is 1. The Kier molecular flexibility index (Phi) is 7.33. The Balaban J connectivity index is 1.75. The van der Waals surface area contributed by atoms with E-state index in [0.717, 1.165) is 5.56 Å². The van der Waals surface area contributed by atoms with Crippen molar-refractivity contribution in [2.24, 2.45) is 11.1 Å². The van der Waals surface area contributed by atoms with Gasteiger partial charge in [-0.1, -0.05) is 32.0 Å². The third kappa shape index (κ3) is 6.21. The first-order valence-corrected chi connectivity index (χ1v) is 10.3. The van der Waals surface area contributed by atoms with Gasteiger partial charge in [-0.05, 0) is 60.0 Å². The molecule has 2 amide bonds. The summed E-state index contributed by atoms with van der Waals surface area (Å²) in [4.78, 5) is 31.0. The zero-order chi connectivity index (χ0) is 23.1. The van der Waals surface area contributed by atoms with Crippen molar-refractivity contribution < 1.29 is 14.0 Å². The molecule has 0 saturated carbocycles. The minimum Gasteiger partial charge on any atom is -0.334 e. The quantitative estimate of drug-likeness (QED) is 0.559. The number of hydrogen-bond acceptors (Lipinski definition) is 4. The molecule has 2 aromatic carbocycles. The Morgan fingerprint density at radius 2 is 1.72 bits per heavy atom. The maximum absolute atomic E-state index is 13.7. The normalized spacial score (nSPS) is 11.1. The zero-order valence-corrected chi connectivity index (χ0v) is 18.2. The summed E-state index contributed by atoms with van der Waals surface area (Å²) < 4.78 is 13.7. The van der Waals surface area contributed by atoms with Crippen LogP contribution >= 0.6 is 0 Å². The summed E-state index contributed by atoms with van der Waals surface area (Å²) in [5, 5.41) is 2.84. The van der Waals surface area contributed by atoms with Crippen LogP contribution in [0.15, 0.2) is 73.1 Å². The van der Waals surface area contributed by atoms with E-state index in [1.54, 1.807) is 47.6 Å². The van der Waals surface area contributed by atoms with Gasteiger partial charge in [0.1, 0.15) is 5.82 Å². The Bertz CT molecular complexity index is 1070. The number of aromatic nitrogens is 1. The van der Waals surface area contributed by atoms with Crippen LogP contribution in [0.3, 0.4) is 0 Å². The molecule has 3 N–H and O–H groups in total. The first kappa shape index (κ1) is 23.1. The molecule has 0 radical (unpaired) electrons. The summed E-state index contributed by atoms with van der Waals surface area (Å²) in [6, 6.07) is 16.2. The van der Waals surface area contributed by atoms with Crippen LogP contribution in [0.25, 0.3) is 0 Å². The third-order valence-electron chi connectivity index (χ3n) is 5.06. The lowest BCUT2D eigenvalue weighted by atomic mass is 9.92. The molecule has 166 valence electrons. The Morgan fingerprint density at radius 3 is 2.34 bits per heavy atom. The molecular weight excluding hydrogens is 407 g/mol. The lowest BCUT2D eigenvalue weighted by molar-refractivity contribution is 0.0672. The first-order chi connectivity index (χ1) is 15.3. The van der Waals surface area contributed by atoms with E-state index in [4.69, 9.17) is 5.73 Å². The molecule has 0 atom stereocenters. The highest BCUT2D eigenvalue weighted by atomic mass is 19.1. The molecule has 0 aliphatic rings. The van der Waals surface area contributed by atoms with Crippen LogP contribution < -0.4 is 11.1 Å². The van der Waals surface area contributed by atoms with Gasteiger partial charge in [0.2, 0.25) is 0 Å². The van der Waals surface area contributed by atoms with Crippen molar-refractivity contribution in [3.8, 4) is 0 Å². The average Bonchev–Trinajstić information content (AvgIpc) is 2.80. The number of nitrogens with zero attached hydrogens (tertiary/aromatic N) is 2. The van der Waals surface area contributed by atoms with E-state index < -0.39 is 5.82 Å². The molecule has 32 heavy (non-hydrogen) atoms. The summed E-state index contributed by atoms with van der Waals surface area (Å²) in [7, 11) is 0. The summed E-state index contributed by atoms with van der Waals surface area (Å²) in [6.45, 7) is 5.11. The molecule has 3 rings (SSSR count). The number of rotatable bonds is 8. The molecule has 3 aromatic rings. The predicted molar refractivity (Wildman–Crippen MR) is 123 cm³/mol. The number of carbonyl (C=O) groups excluding carboxylic acids is 2. The van der Waals surface area contributed by atoms with Crippen molar-refractivity contribution in [3.05, 3.63) is 95.6 Å². The zero-order valence-electron chi connectivity index (χ0n) is 18.2. The van der Waals surface area contributed by atoms with Crippen LogP contribution in [0.1, 0.15) is 40.1 Å². The van der Waals surface area contributed by atoms with Crippen LogP contribution in [0.2, 0.25) is 0 Å². The summed E-state index contributed by atoms with van der Waals surface area (Å²) in [6.07, 6.45) is 3.12. The smallest absolute Gasteiger partial charge is 0.255 e. The van der Waals surface area contributed by atoms with Gasteiger partial charge >= 0.3 is 0 Å². The van der Waals surface area contributed by atoms with Crippen molar-refractivity contribution in [2.45, 2.75) is 20.4 Å². The fourth-order valence-electron chi connectivity index (χ4n) is 3.21. The number of amides is 2. The molecule has 1 heterocycles. The summed E-state index contributed by atoms with van der Waals surface area (Å²) >= 11 is 0. The maximum Gasteiger partial charge on any atom is 0.255 e. The van der Waals surface area contributed by atoms with Crippen molar-refractivity contribution in [1.82, 2.24) is 9.88 Å². The molecule has 6 nitrogen and oxygen atoms in total. The number of halogens is 1. The number of anilines is 1. The van der Waals surface area contributed by atoms with Gasteiger partial charge in [-0.3, -0.25) is 14.6 Å². The molecule has 0 fully saturated rings. The molecule has 0 aliphatic carbocycles. The number of pyridine rings is 1. The predicted octanol–water partition coefficient (Wildman–Crippen LogP) is 4.10. The monoisotopic (exact) mass is 434 g/mol. The highest BCUT2D eigenvalue weighted by molar-refractivity contribution is 6.04. The van der Waals surface area contributed by atoms with Gasteiger partial charge in [0.05, 0.1) is 0 Å². The van der Waals surface area contributed by atoms with Crippen LogP contribution in [-0.4, -0.2) is 34.8 Å². The van der Waals surface area contributed by atoms with Crippen molar-refractivity contribution >= 4 is 17.5 Å². The van der Waals surface area contributed by atoms with Crippen molar-refractivity contribution in [2.75, 3.05) is 18.4 Å². The molecule has 7 heteroatoms. The molecule has 0 saturated heterocycles.